The molecule has 0 spiro atoms. The molecule has 0 aliphatic heterocycles. The van der Waals surface area contributed by atoms with Crippen LogP contribution in [0.2, 0.25) is 0 Å². The zero-order valence-corrected chi connectivity index (χ0v) is 12.7. The van der Waals surface area contributed by atoms with Crippen molar-refractivity contribution in [3.8, 4) is 5.75 Å². The fourth-order valence-corrected chi connectivity index (χ4v) is 3.22. The Morgan fingerprint density at radius 3 is 2.25 bits per heavy atom. The molecule has 1 saturated carbocycles. The lowest BCUT2D eigenvalue weighted by molar-refractivity contribution is 0.346. The number of ether oxygens (including phenoxy) is 1. The maximum Gasteiger partial charge on any atom is 0.119 e. The van der Waals surface area contributed by atoms with E-state index in [0.717, 1.165) is 12.2 Å². The molecule has 1 aromatic rings. The Morgan fingerprint density at radius 2 is 1.70 bits per heavy atom. The Morgan fingerprint density at radius 1 is 1.10 bits per heavy atom. The molecule has 2 nitrogen and oxygen atoms in total. The lowest BCUT2D eigenvalue weighted by atomic mass is 9.81. The van der Waals surface area contributed by atoms with Crippen LogP contribution in [0.25, 0.3) is 0 Å². The molecule has 1 aliphatic rings. The van der Waals surface area contributed by atoms with Gasteiger partial charge in [0.1, 0.15) is 5.75 Å². The Balaban J connectivity index is 2.10. The Kier molecular flexibility index (Phi) is 5.51. The summed E-state index contributed by atoms with van der Waals surface area (Å²) in [7, 11) is 1.70. The van der Waals surface area contributed by atoms with E-state index in [1.54, 1.807) is 7.11 Å². The number of anilines is 1. The van der Waals surface area contributed by atoms with Crippen molar-refractivity contribution in [2.75, 3.05) is 12.4 Å². The molecule has 1 aromatic carbocycles. The van der Waals surface area contributed by atoms with Crippen LogP contribution in [0.15, 0.2) is 36.9 Å². The summed E-state index contributed by atoms with van der Waals surface area (Å²) < 4.78 is 5.22. The van der Waals surface area contributed by atoms with Gasteiger partial charge in [0.25, 0.3) is 0 Å². The number of rotatable bonds is 5. The van der Waals surface area contributed by atoms with Crippen molar-refractivity contribution in [3.63, 3.8) is 0 Å². The van der Waals surface area contributed by atoms with Crippen LogP contribution in [0.5, 0.6) is 5.75 Å². The number of nitrogens with one attached hydrogen (secondary N) is 1. The molecule has 0 radical (unpaired) electrons. The first kappa shape index (κ1) is 15.0. The number of hydrogen-bond donors (Lipinski definition) is 1. The fourth-order valence-electron chi connectivity index (χ4n) is 3.22. The monoisotopic (exact) mass is 273 g/mol. The molecule has 1 aliphatic carbocycles. The Labute approximate surface area is 123 Å². The van der Waals surface area contributed by atoms with Gasteiger partial charge >= 0.3 is 0 Å². The summed E-state index contributed by atoms with van der Waals surface area (Å²) in [6, 6.07) is 8.27. The van der Waals surface area contributed by atoms with Gasteiger partial charge in [0, 0.05) is 11.2 Å². The molecule has 0 saturated heterocycles. The SMILES string of the molecule is C=CCC1(Nc2ccc(OC)cc2)CCCCCCC1. The van der Waals surface area contributed by atoms with Crippen LogP contribution in [-0.4, -0.2) is 12.6 Å². The van der Waals surface area contributed by atoms with Gasteiger partial charge in [-0.1, -0.05) is 38.2 Å². The molecule has 0 heterocycles. The van der Waals surface area contributed by atoms with Crippen LogP contribution in [0.1, 0.15) is 51.4 Å². The zero-order valence-electron chi connectivity index (χ0n) is 12.7. The molecule has 0 amide bonds. The summed E-state index contributed by atoms with van der Waals surface area (Å²) in [4.78, 5) is 0. The third-order valence-corrected chi connectivity index (χ3v) is 4.35. The number of hydrogen-bond acceptors (Lipinski definition) is 2. The predicted molar refractivity (Wildman–Crippen MR) is 86.5 cm³/mol. The third-order valence-electron chi connectivity index (χ3n) is 4.35. The van der Waals surface area contributed by atoms with E-state index in [1.807, 2.05) is 12.1 Å². The van der Waals surface area contributed by atoms with E-state index in [2.05, 4.69) is 30.1 Å². The highest BCUT2D eigenvalue weighted by Crippen LogP contribution is 2.33. The molecule has 20 heavy (non-hydrogen) atoms. The summed E-state index contributed by atoms with van der Waals surface area (Å²) in [6.45, 7) is 3.96. The van der Waals surface area contributed by atoms with E-state index < -0.39 is 0 Å². The summed E-state index contributed by atoms with van der Waals surface area (Å²) in [6.07, 6.45) is 12.3. The van der Waals surface area contributed by atoms with Crippen LogP contribution in [0.3, 0.4) is 0 Å². The smallest absolute Gasteiger partial charge is 0.119 e. The topological polar surface area (TPSA) is 21.3 Å². The molecule has 0 aromatic heterocycles. The fraction of sp³-hybridized carbons (Fsp3) is 0.556. The number of benzene rings is 1. The lowest BCUT2D eigenvalue weighted by Gasteiger charge is -2.37. The first-order chi connectivity index (χ1) is 9.78. The van der Waals surface area contributed by atoms with Gasteiger partial charge in [-0.2, -0.15) is 0 Å². The van der Waals surface area contributed by atoms with Crippen LogP contribution >= 0.6 is 0 Å². The van der Waals surface area contributed by atoms with Crippen molar-refractivity contribution in [2.45, 2.75) is 56.9 Å². The second-order valence-corrected chi connectivity index (χ2v) is 5.89. The minimum absolute atomic E-state index is 0.191. The standard InChI is InChI=1S/C18H27NO/c1-3-13-18(14-7-5-4-6-8-15-18)19-16-9-11-17(20-2)12-10-16/h3,9-12,19H,1,4-8,13-15H2,2H3. The van der Waals surface area contributed by atoms with Crippen LogP contribution in [0, 0.1) is 0 Å². The highest BCUT2D eigenvalue weighted by molar-refractivity contribution is 5.48. The van der Waals surface area contributed by atoms with Gasteiger partial charge in [-0.25, -0.2) is 0 Å². The average molecular weight is 273 g/mol. The molecule has 110 valence electrons. The van der Waals surface area contributed by atoms with Gasteiger partial charge in [0.2, 0.25) is 0 Å². The zero-order chi connectivity index (χ0) is 14.3. The molecule has 1 N–H and O–H groups in total. The van der Waals surface area contributed by atoms with Crippen LogP contribution in [0.4, 0.5) is 5.69 Å². The highest BCUT2D eigenvalue weighted by atomic mass is 16.5. The Bertz CT molecular complexity index is 402. The van der Waals surface area contributed by atoms with Gasteiger partial charge < -0.3 is 10.1 Å². The molecular weight excluding hydrogens is 246 g/mol. The minimum atomic E-state index is 0.191. The quantitative estimate of drug-likeness (QED) is 0.748. The molecule has 0 atom stereocenters. The summed E-state index contributed by atoms with van der Waals surface area (Å²) in [5.74, 6) is 0.908. The van der Waals surface area contributed by atoms with E-state index in [1.165, 1.54) is 50.6 Å². The van der Waals surface area contributed by atoms with Crippen molar-refractivity contribution in [1.29, 1.82) is 0 Å². The highest BCUT2D eigenvalue weighted by Gasteiger charge is 2.28. The second kappa shape index (κ2) is 7.37. The third kappa shape index (κ3) is 4.03. The van der Waals surface area contributed by atoms with Gasteiger partial charge in [0.15, 0.2) is 0 Å². The lowest BCUT2D eigenvalue weighted by Crippen LogP contribution is -2.38. The van der Waals surface area contributed by atoms with E-state index in [4.69, 9.17) is 4.74 Å². The van der Waals surface area contributed by atoms with Crippen molar-refractivity contribution in [2.24, 2.45) is 0 Å². The Hall–Kier alpha value is -1.44. The first-order valence-electron chi connectivity index (χ1n) is 7.81. The van der Waals surface area contributed by atoms with Gasteiger partial charge in [-0.15, -0.1) is 6.58 Å². The van der Waals surface area contributed by atoms with Crippen molar-refractivity contribution in [1.82, 2.24) is 0 Å². The summed E-state index contributed by atoms with van der Waals surface area (Å²) in [5.41, 5.74) is 1.38. The first-order valence-corrected chi connectivity index (χ1v) is 7.81. The summed E-state index contributed by atoms with van der Waals surface area (Å²) in [5, 5.41) is 3.79. The molecular formula is C18H27NO. The van der Waals surface area contributed by atoms with E-state index in [-0.39, 0.29) is 5.54 Å². The predicted octanol–water partition coefficient (Wildman–Crippen LogP) is 5.17. The van der Waals surface area contributed by atoms with E-state index >= 15 is 0 Å². The molecule has 0 unspecified atom stereocenters. The largest absolute Gasteiger partial charge is 0.497 e. The average Bonchev–Trinajstić information content (AvgIpc) is 2.44. The van der Waals surface area contributed by atoms with Crippen molar-refractivity contribution in [3.05, 3.63) is 36.9 Å². The normalized spacial score (nSPS) is 18.6. The van der Waals surface area contributed by atoms with Gasteiger partial charge in [-0.05, 0) is 43.5 Å². The van der Waals surface area contributed by atoms with E-state index in [0.29, 0.717) is 0 Å². The molecule has 0 bridgehead atoms. The molecule has 2 rings (SSSR count). The van der Waals surface area contributed by atoms with Gasteiger partial charge in [-0.3, -0.25) is 0 Å². The maximum atomic E-state index is 5.22. The van der Waals surface area contributed by atoms with Crippen LogP contribution < -0.4 is 10.1 Å². The van der Waals surface area contributed by atoms with E-state index in [9.17, 15) is 0 Å². The minimum Gasteiger partial charge on any atom is -0.497 e. The van der Waals surface area contributed by atoms with Crippen molar-refractivity contribution >= 4 is 5.69 Å². The number of methoxy groups -OCH3 is 1. The summed E-state index contributed by atoms with van der Waals surface area (Å²) >= 11 is 0. The van der Waals surface area contributed by atoms with Gasteiger partial charge in [0.05, 0.1) is 7.11 Å². The molecule has 2 heteroatoms. The van der Waals surface area contributed by atoms with Crippen molar-refractivity contribution < 1.29 is 4.74 Å². The molecule has 1 fully saturated rings. The van der Waals surface area contributed by atoms with Crippen LogP contribution in [-0.2, 0) is 0 Å². The second-order valence-electron chi connectivity index (χ2n) is 5.89. The maximum absolute atomic E-state index is 5.22.